The van der Waals surface area contributed by atoms with E-state index in [1.54, 1.807) is 6.92 Å². The van der Waals surface area contributed by atoms with Gasteiger partial charge in [-0.3, -0.25) is 0 Å². The molecule has 0 atom stereocenters. The number of rotatable bonds is 4. The van der Waals surface area contributed by atoms with Crippen molar-refractivity contribution in [1.29, 1.82) is 0 Å². The van der Waals surface area contributed by atoms with Gasteiger partial charge in [0, 0.05) is 4.47 Å². The van der Waals surface area contributed by atoms with Gasteiger partial charge in [-0.05, 0) is 25.1 Å². The highest BCUT2D eigenvalue weighted by atomic mass is 79.9. The molecule has 3 nitrogen and oxygen atoms in total. The van der Waals surface area contributed by atoms with E-state index in [1.165, 1.54) is 6.07 Å². The predicted molar refractivity (Wildman–Crippen MR) is 61.3 cm³/mol. The highest BCUT2D eigenvalue weighted by Gasteiger charge is 2.34. The molecule has 18 heavy (non-hydrogen) atoms. The van der Waals surface area contributed by atoms with E-state index in [0.29, 0.717) is 0 Å². The van der Waals surface area contributed by atoms with E-state index in [9.17, 15) is 18.0 Å². The Morgan fingerprint density at radius 2 is 2.06 bits per heavy atom. The van der Waals surface area contributed by atoms with Gasteiger partial charge >= 0.3 is 12.1 Å². The molecule has 7 heteroatoms. The van der Waals surface area contributed by atoms with Gasteiger partial charge in [-0.15, -0.1) is 0 Å². The third-order valence-corrected chi connectivity index (χ3v) is 2.39. The van der Waals surface area contributed by atoms with E-state index in [4.69, 9.17) is 4.74 Å². The molecule has 0 aliphatic heterocycles. The maximum absolute atomic E-state index is 12.7. The van der Waals surface area contributed by atoms with Crippen LogP contribution in [0.4, 0.5) is 13.2 Å². The van der Waals surface area contributed by atoms with E-state index < -0.39 is 30.1 Å². The molecule has 0 unspecified atom stereocenters. The average Bonchev–Trinajstić information content (AvgIpc) is 2.26. The van der Waals surface area contributed by atoms with Gasteiger partial charge in [0.2, 0.25) is 0 Å². The minimum absolute atomic E-state index is 0.147. The first kappa shape index (κ1) is 14.8. The lowest BCUT2D eigenvalue weighted by Crippen LogP contribution is -2.17. The normalized spacial score (nSPS) is 11.2. The van der Waals surface area contributed by atoms with Gasteiger partial charge in [0.05, 0.1) is 12.2 Å². The van der Waals surface area contributed by atoms with Crippen LogP contribution >= 0.6 is 15.9 Å². The Kier molecular flexibility index (Phi) is 5.01. The summed E-state index contributed by atoms with van der Waals surface area (Å²) in [7, 11) is 0. The lowest BCUT2D eigenvalue weighted by Gasteiger charge is -2.13. The number of carbonyl (C=O) groups excluding carboxylic acids is 1. The van der Waals surface area contributed by atoms with Gasteiger partial charge in [-0.1, -0.05) is 15.9 Å². The summed E-state index contributed by atoms with van der Waals surface area (Å²) in [5.41, 5.74) is -0.943. The van der Waals surface area contributed by atoms with Gasteiger partial charge in [-0.25, -0.2) is 4.79 Å². The van der Waals surface area contributed by atoms with Gasteiger partial charge in [0.15, 0.2) is 6.61 Å². The lowest BCUT2D eigenvalue weighted by molar-refractivity contribution is -0.147. The molecule has 1 aromatic rings. The van der Waals surface area contributed by atoms with Crippen LogP contribution in [0.5, 0.6) is 5.75 Å². The Morgan fingerprint density at radius 1 is 1.39 bits per heavy atom. The SMILES string of the molecule is CCOC(=O)COc1ccc(Br)cc1C(F)(F)F. The first-order chi connectivity index (χ1) is 8.34. The van der Waals surface area contributed by atoms with E-state index >= 15 is 0 Å². The van der Waals surface area contributed by atoms with Crippen molar-refractivity contribution in [2.45, 2.75) is 13.1 Å². The maximum Gasteiger partial charge on any atom is 0.420 e. The molecule has 0 aromatic heterocycles. The Bertz CT molecular complexity index is 432. The smallest absolute Gasteiger partial charge is 0.420 e. The Morgan fingerprint density at radius 3 is 2.61 bits per heavy atom. The van der Waals surface area contributed by atoms with Crippen molar-refractivity contribution in [2.24, 2.45) is 0 Å². The van der Waals surface area contributed by atoms with Crippen molar-refractivity contribution < 1.29 is 27.4 Å². The molecule has 0 heterocycles. The van der Waals surface area contributed by atoms with Crippen molar-refractivity contribution in [3.8, 4) is 5.75 Å². The fourth-order valence-corrected chi connectivity index (χ4v) is 1.55. The van der Waals surface area contributed by atoms with Crippen LogP contribution in [0.2, 0.25) is 0 Å². The first-order valence-electron chi connectivity index (χ1n) is 4.99. The molecule has 0 saturated carbocycles. The highest BCUT2D eigenvalue weighted by Crippen LogP contribution is 2.37. The lowest BCUT2D eigenvalue weighted by atomic mass is 10.2. The molecule has 0 aliphatic rings. The molecule has 1 aromatic carbocycles. The molecular weight excluding hydrogens is 317 g/mol. The number of alkyl halides is 3. The van der Waals surface area contributed by atoms with Crippen LogP contribution in [0, 0.1) is 0 Å². The molecule has 0 fully saturated rings. The Hall–Kier alpha value is -1.24. The third-order valence-electron chi connectivity index (χ3n) is 1.90. The fourth-order valence-electron chi connectivity index (χ4n) is 1.19. The number of benzene rings is 1. The zero-order chi connectivity index (χ0) is 13.8. The second-order valence-electron chi connectivity index (χ2n) is 3.23. The van der Waals surface area contributed by atoms with Crippen LogP contribution in [0.15, 0.2) is 22.7 Å². The maximum atomic E-state index is 12.7. The largest absolute Gasteiger partial charge is 0.481 e. The Labute approximate surface area is 110 Å². The summed E-state index contributed by atoms with van der Waals surface area (Å²) in [6, 6.07) is 3.43. The minimum Gasteiger partial charge on any atom is -0.481 e. The molecule has 0 aliphatic carbocycles. The van der Waals surface area contributed by atoms with Crippen LogP contribution in [-0.2, 0) is 15.7 Å². The van der Waals surface area contributed by atoms with Gasteiger partial charge in [0.25, 0.3) is 0 Å². The summed E-state index contributed by atoms with van der Waals surface area (Å²) in [6.07, 6.45) is -4.55. The van der Waals surface area contributed by atoms with Gasteiger partial charge in [0.1, 0.15) is 5.75 Å². The quantitative estimate of drug-likeness (QED) is 0.795. The van der Waals surface area contributed by atoms with E-state index in [1.807, 2.05) is 0 Å². The minimum atomic E-state index is -4.55. The second kappa shape index (κ2) is 6.08. The van der Waals surface area contributed by atoms with Crippen molar-refractivity contribution >= 4 is 21.9 Å². The summed E-state index contributed by atoms with van der Waals surface area (Å²) in [6.45, 7) is 1.19. The number of carbonyl (C=O) groups is 1. The predicted octanol–water partition coefficient (Wildman–Crippen LogP) is 3.41. The van der Waals surface area contributed by atoms with E-state index in [0.717, 1.165) is 12.1 Å². The summed E-state index contributed by atoms with van der Waals surface area (Å²) < 4.78 is 47.7. The summed E-state index contributed by atoms with van der Waals surface area (Å²) in [5, 5.41) is 0. The van der Waals surface area contributed by atoms with E-state index in [2.05, 4.69) is 20.7 Å². The summed E-state index contributed by atoms with van der Waals surface area (Å²) in [5.74, 6) is -1.12. The number of ether oxygens (including phenoxy) is 2. The molecule has 0 saturated heterocycles. The highest BCUT2D eigenvalue weighted by molar-refractivity contribution is 9.10. The van der Waals surface area contributed by atoms with Crippen LogP contribution in [0.1, 0.15) is 12.5 Å². The fraction of sp³-hybridized carbons (Fsp3) is 0.364. The Balaban J connectivity index is 2.85. The molecular formula is C11H10BrF3O3. The van der Waals surface area contributed by atoms with Crippen LogP contribution in [0.3, 0.4) is 0 Å². The molecule has 0 amide bonds. The van der Waals surface area contributed by atoms with Crippen molar-refractivity contribution in [3.05, 3.63) is 28.2 Å². The zero-order valence-electron chi connectivity index (χ0n) is 9.38. The molecule has 0 N–H and O–H groups in total. The van der Waals surface area contributed by atoms with Crippen molar-refractivity contribution in [1.82, 2.24) is 0 Å². The van der Waals surface area contributed by atoms with Crippen LogP contribution < -0.4 is 4.74 Å². The third kappa shape index (κ3) is 4.21. The average molecular weight is 327 g/mol. The first-order valence-corrected chi connectivity index (χ1v) is 5.79. The number of esters is 1. The van der Waals surface area contributed by atoms with Crippen LogP contribution in [0.25, 0.3) is 0 Å². The summed E-state index contributed by atoms with van der Waals surface area (Å²) in [4.78, 5) is 11.0. The molecule has 100 valence electrons. The van der Waals surface area contributed by atoms with Gasteiger partial charge in [-0.2, -0.15) is 13.2 Å². The monoisotopic (exact) mass is 326 g/mol. The second-order valence-corrected chi connectivity index (χ2v) is 4.15. The van der Waals surface area contributed by atoms with Gasteiger partial charge < -0.3 is 9.47 Å². The molecule has 1 rings (SSSR count). The van der Waals surface area contributed by atoms with Crippen molar-refractivity contribution in [2.75, 3.05) is 13.2 Å². The van der Waals surface area contributed by atoms with E-state index in [-0.39, 0.29) is 11.1 Å². The van der Waals surface area contributed by atoms with Crippen LogP contribution in [-0.4, -0.2) is 19.2 Å². The summed E-state index contributed by atoms with van der Waals surface area (Å²) >= 11 is 2.95. The number of halogens is 4. The molecule has 0 spiro atoms. The molecule has 0 bridgehead atoms. The topological polar surface area (TPSA) is 35.5 Å². The zero-order valence-corrected chi connectivity index (χ0v) is 11.0. The number of hydrogen-bond acceptors (Lipinski definition) is 3. The standard InChI is InChI=1S/C11H10BrF3O3/c1-2-17-10(16)6-18-9-4-3-7(12)5-8(9)11(13,14)15/h3-5H,2,6H2,1H3. The number of hydrogen-bond donors (Lipinski definition) is 0. The molecule has 0 radical (unpaired) electrons. The van der Waals surface area contributed by atoms with Crippen molar-refractivity contribution in [3.63, 3.8) is 0 Å².